The normalized spacial score (nSPS) is 30.7. The van der Waals surface area contributed by atoms with Crippen LogP contribution in [0.1, 0.15) is 25.7 Å². The fraction of sp³-hybridized carbons (Fsp3) is 0.857. The average molecular weight is 266 g/mol. The molecule has 1 saturated carbocycles. The van der Waals surface area contributed by atoms with Crippen LogP contribution in [0.5, 0.6) is 0 Å². The number of likely N-dealkylation sites (tertiary alicyclic amines) is 2. The highest BCUT2D eigenvalue weighted by atomic mass is 16.5. The number of hydrogen-bond acceptors (Lipinski definition) is 3. The minimum Gasteiger partial charge on any atom is -0.375 e. The Bertz CT molecular complexity index is 381. The third kappa shape index (κ3) is 2.61. The van der Waals surface area contributed by atoms with Gasteiger partial charge in [0.1, 0.15) is 12.6 Å². The van der Waals surface area contributed by atoms with Gasteiger partial charge >= 0.3 is 0 Å². The molecule has 2 heterocycles. The minimum absolute atomic E-state index is 0.0485. The lowest BCUT2D eigenvalue weighted by Gasteiger charge is -2.46. The average Bonchev–Trinajstić information content (AvgIpc) is 3.20. The molecule has 19 heavy (non-hydrogen) atoms. The van der Waals surface area contributed by atoms with Gasteiger partial charge in [-0.05, 0) is 37.5 Å². The van der Waals surface area contributed by atoms with Crippen molar-refractivity contribution in [2.24, 2.45) is 11.8 Å². The molecule has 2 amide bonds. The Kier molecular flexibility index (Phi) is 3.48. The first-order valence-electron chi connectivity index (χ1n) is 7.26. The van der Waals surface area contributed by atoms with E-state index in [-0.39, 0.29) is 24.5 Å². The molecule has 5 heteroatoms. The van der Waals surface area contributed by atoms with Crippen molar-refractivity contribution in [3.63, 3.8) is 0 Å². The van der Waals surface area contributed by atoms with E-state index in [0.29, 0.717) is 18.4 Å². The molecule has 3 aliphatic rings. The molecule has 0 aromatic heterocycles. The van der Waals surface area contributed by atoms with E-state index in [0.717, 1.165) is 25.9 Å². The van der Waals surface area contributed by atoms with Crippen LogP contribution in [-0.2, 0) is 14.3 Å². The largest absolute Gasteiger partial charge is 0.375 e. The number of piperidine rings is 2. The summed E-state index contributed by atoms with van der Waals surface area (Å²) in [6.45, 7) is 2.59. The molecule has 3 rings (SSSR count). The number of carbonyl (C=O) groups is 2. The van der Waals surface area contributed by atoms with Gasteiger partial charge < -0.3 is 14.5 Å². The van der Waals surface area contributed by atoms with Crippen molar-refractivity contribution in [2.45, 2.75) is 31.7 Å². The van der Waals surface area contributed by atoms with Crippen LogP contribution in [-0.4, -0.2) is 61.0 Å². The van der Waals surface area contributed by atoms with Gasteiger partial charge in [0.05, 0.1) is 0 Å². The highest BCUT2D eigenvalue weighted by molar-refractivity contribution is 5.89. The number of hydrogen-bond donors (Lipinski definition) is 0. The van der Waals surface area contributed by atoms with Crippen molar-refractivity contribution in [3.8, 4) is 0 Å². The van der Waals surface area contributed by atoms with Gasteiger partial charge in [-0.2, -0.15) is 0 Å². The van der Waals surface area contributed by atoms with Gasteiger partial charge in [-0.15, -0.1) is 0 Å². The molecular weight excluding hydrogens is 244 g/mol. The monoisotopic (exact) mass is 266 g/mol. The van der Waals surface area contributed by atoms with Gasteiger partial charge in [0.15, 0.2) is 0 Å². The summed E-state index contributed by atoms with van der Waals surface area (Å²) in [5.74, 6) is 1.40. The maximum Gasteiger partial charge on any atom is 0.249 e. The van der Waals surface area contributed by atoms with Gasteiger partial charge in [0, 0.05) is 26.7 Å². The van der Waals surface area contributed by atoms with Crippen LogP contribution in [0.15, 0.2) is 0 Å². The first-order valence-corrected chi connectivity index (χ1v) is 7.26. The topological polar surface area (TPSA) is 49.9 Å². The van der Waals surface area contributed by atoms with Crippen LogP contribution in [0.25, 0.3) is 0 Å². The Morgan fingerprint density at radius 1 is 1.37 bits per heavy atom. The van der Waals surface area contributed by atoms with E-state index >= 15 is 0 Å². The van der Waals surface area contributed by atoms with Gasteiger partial charge in [-0.3, -0.25) is 9.59 Å². The Morgan fingerprint density at radius 2 is 2.16 bits per heavy atom. The summed E-state index contributed by atoms with van der Waals surface area (Å²) < 4.78 is 4.92. The van der Waals surface area contributed by atoms with Crippen LogP contribution in [0, 0.1) is 11.8 Å². The number of nitrogens with zero attached hydrogens (tertiary/aromatic N) is 2. The molecule has 0 aromatic rings. The van der Waals surface area contributed by atoms with Crippen LogP contribution in [0.4, 0.5) is 0 Å². The molecule has 0 aromatic carbocycles. The second-order valence-corrected chi connectivity index (χ2v) is 6.11. The Hall–Kier alpha value is -1.10. The first kappa shape index (κ1) is 12.9. The predicted octanol–water partition coefficient (Wildman–Crippen LogP) is 0.492. The van der Waals surface area contributed by atoms with Crippen LogP contribution >= 0.6 is 0 Å². The lowest BCUT2D eigenvalue weighted by molar-refractivity contribution is -0.156. The molecule has 0 N–H and O–H groups in total. The minimum atomic E-state index is -0.228. The fourth-order valence-corrected chi connectivity index (χ4v) is 3.33. The van der Waals surface area contributed by atoms with E-state index in [1.165, 1.54) is 20.0 Å². The maximum absolute atomic E-state index is 12.5. The molecule has 0 radical (unpaired) electrons. The number of rotatable bonds is 4. The van der Waals surface area contributed by atoms with Gasteiger partial charge in [-0.25, -0.2) is 0 Å². The molecule has 5 nitrogen and oxygen atoms in total. The molecule has 2 bridgehead atoms. The second kappa shape index (κ2) is 5.12. The Labute approximate surface area is 113 Å². The Morgan fingerprint density at radius 3 is 2.84 bits per heavy atom. The van der Waals surface area contributed by atoms with E-state index in [2.05, 4.69) is 0 Å². The lowest BCUT2D eigenvalue weighted by Crippen LogP contribution is -2.60. The number of amides is 2. The summed E-state index contributed by atoms with van der Waals surface area (Å²) in [6.07, 6.45) is 4.37. The highest BCUT2D eigenvalue weighted by Gasteiger charge is 2.43. The van der Waals surface area contributed by atoms with E-state index in [9.17, 15) is 9.59 Å². The van der Waals surface area contributed by atoms with Crippen molar-refractivity contribution < 1.29 is 14.3 Å². The Balaban J connectivity index is 1.69. The number of ether oxygens (including phenoxy) is 1. The number of carbonyl (C=O) groups excluding carboxylic acids is 2. The summed E-state index contributed by atoms with van der Waals surface area (Å²) >= 11 is 0. The van der Waals surface area contributed by atoms with E-state index in [4.69, 9.17) is 4.74 Å². The molecule has 106 valence electrons. The number of methoxy groups -OCH3 is 1. The number of fused-ring (bicyclic) bond motifs is 2. The SMILES string of the molecule is COCC(=O)N1CC[C@H]2C[C@@H]1C(=O)N(CC1CC1)C2. The highest BCUT2D eigenvalue weighted by Crippen LogP contribution is 2.34. The van der Waals surface area contributed by atoms with Gasteiger partial charge in [0.25, 0.3) is 0 Å². The predicted molar refractivity (Wildman–Crippen MR) is 69.4 cm³/mol. The molecule has 2 saturated heterocycles. The van der Waals surface area contributed by atoms with Gasteiger partial charge in [-0.1, -0.05) is 0 Å². The zero-order chi connectivity index (χ0) is 13.4. The summed E-state index contributed by atoms with van der Waals surface area (Å²) in [6, 6.07) is -0.228. The van der Waals surface area contributed by atoms with E-state index in [1.807, 2.05) is 4.90 Å². The summed E-state index contributed by atoms with van der Waals surface area (Å²) in [5, 5.41) is 0. The molecule has 3 fully saturated rings. The van der Waals surface area contributed by atoms with Crippen LogP contribution in [0.2, 0.25) is 0 Å². The molecule has 1 aliphatic carbocycles. The van der Waals surface area contributed by atoms with Crippen molar-refractivity contribution in [1.82, 2.24) is 9.80 Å². The summed E-state index contributed by atoms with van der Waals surface area (Å²) in [7, 11) is 1.52. The molecular formula is C14H22N2O3. The standard InChI is InChI=1S/C14H22N2O3/c1-19-9-13(17)16-5-4-11-6-12(16)14(18)15(8-11)7-10-2-3-10/h10-12H,2-9H2,1H3/t11-,12+/m0/s1. The summed E-state index contributed by atoms with van der Waals surface area (Å²) in [4.78, 5) is 28.3. The van der Waals surface area contributed by atoms with E-state index < -0.39 is 0 Å². The smallest absolute Gasteiger partial charge is 0.249 e. The molecule has 2 aliphatic heterocycles. The fourth-order valence-electron chi connectivity index (χ4n) is 3.33. The second-order valence-electron chi connectivity index (χ2n) is 6.11. The third-order valence-corrected chi connectivity index (χ3v) is 4.55. The molecule has 0 spiro atoms. The zero-order valence-corrected chi connectivity index (χ0v) is 11.5. The van der Waals surface area contributed by atoms with Crippen LogP contribution in [0.3, 0.4) is 0 Å². The zero-order valence-electron chi connectivity index (χ0n) is 11.5. The summed E-state index contributed by atoms with van der Waals surface area (Å²) in [5.41, 5.74) is 0. The third-order valence-electron chi connectivity index (χ3n) is 4.55. The quantitative estimate of drug-likeness (QED) is 0.744. The van der Waals surface area contributed by atoms with Crippen molar-refractivity contribution >= 4 is 11.8 Å². The van der Waals surface area contributed by atoms with Gasteiger partial charge in [0.2, 0.25) is 11.8 Å². The van der Waals surface area contributed by atoms with Crippen molar-refractivity contribution in [3.05, 3.63) is 0 Å². The van der Waals surface area contributed by atoms with E-state index in [1.54, 1.807) is 4.90 Å². The van der Waals surface area contributed by atoms with Crippen LogP contribution < -0.4 is 0 Å². The van der Waals surface area contributed by atoms with Crippen molar-refractivity contribution in [2.75, 3.05) is 33.4 Å². The molecule has 2 atom stereocenters. The lowest BCUT2D eigenvalue weighted by atomic mass is 9.85. The van der Waals surface area contributed by atoms with Crippen molar-refractivity contribution in [1.29, 1.82) is 0 Å². The maximum atomic E-state index is 12.5. The first-order chi connectivity index (χ1) is 9.19. The molecule has 0 unspecified atom stereocenters.